The van der Waals surface area contributed by atoms with E-state index in [0.717, 1.165) is 56.6 Å². The summed E-state index contributed by atoms with van der Waals surface area (Å²) in [6.45, 7) is 2.15. The van der Waals surface area contributed by atoms with E-state index < -0.39 is 5.54 Å². The summed E-state index contributed by atoms with van der Waals surface area (Å²) in [7, 11) is 3.15. The summed E-state index contributed by atoms with van der Waals surface area (Å²) in [6.07, 6.45) is 7.05. The highest BCUT2D eigenvalue weighted by Gasteiger charge is 2.81. The standard InChI is InChI=1S/C23H28N2O4/c1-28-17-6-3-5-15-18(17)25(14-26)23-9-8-21(13-16(23)19(27)29-2)7-4-11-24-12-10-22(15,23)20(21)24/h3,5-6,14,16,20H,4,7-13H2,1-2H3/t16-,20-,21+,22+,23+/m1/s1. The molecule has 6 aliphatic rings. The lowest BCUT2D eigenvalue weighted by Crippen LogP contribution is -2.78. The first-order chi connectivity index (χ1) is 14.1. The van der Waals surface area contributed by atoms with Crippen molar-refractivity contribution in [1.29, 1.82) is 0 Å². The summed E-state index contributed by atoms with van der Waals surface area (Å²) in [5.41, 5.74) is 1.43. The summed E-state index contributed by atoms with van der Waals surface area (Å²) < 4.78 is 11.1. The third-order valence-electron chi connectivity index (χ3n) is 9.25. The van der Waals surface area contributed by atoms with E-state index in [2.05, 4.69) is 11.0 Å². The van der Waals surface area contributed by atoms with Gasteiger partial charge < -0.3 is 14.4 Å². The molecule has 0 radical (unpaired) electrons. The second-order valence-electron chi connectivity index (χ2n) is 9.66. The largest absolute Gasteiger partial charge is 0.495 e. The monoisotopic (exact) mass is 396 g/mol. The lowest BCUT2D eigenvalue weighted by atomic mass is 9.38. The molecule has 2 bridgehead atoms. The zero-order valence-corrected chi connectivity index (χ0v) is 17.1. The van der Waals surface area contributed by atoms with Crippen LogP contribution in [-0.4, -0.2) is 56.2 Å². The molecule has 2 saturated heterocycles. The van der Waals surface area contributed by atoms with Crippen molar-refractivity contribution in [3.05, 3.63) is 23.8 Å². The minimum absolute atomic E-state index is 0.134. The molecular weight excluding hydrogens is 368 g/mol. The first-order valence-electron chi connectivity index (χ1n) is 10.8. The molecule has 0 N–H and O–H groups in total. The quantitative estimate of drug-likeness (QED) is 0.580. The molecule has 7 rings (SSSR count). The second kappa shape index (κ2) is 5.54. The minimum Gasteiger partial charge on any atom is -0.495 e. The first-order valence-corrected chi connectivity index (χ1v) is 10.8. The van der Waals surface area contributed by atoms with Gasteiger partial charge in [0.2, 0.25) is 6.41 Å². The number of hydrogen-bond acceptors (Lipinski definition) is 5. The van der Waals surface area contributed by atoms with Crippen molar-refractivity contribution < 1.29 is 19.1 Å². The Morgan fingerprint density at radius 2 is 2.03 bits per heavy atom. The number of anilines is 1. The number of carbonyl (C=O) groups excluding carboxylic acids is 2. The molecular formula is C23H28N2O4. The lowest BCUT2D eigenvalue weighted by molar-refractivity contribution is -0.175. The number of para-hydroxylation sites is 1. The average molecular weight is 396 g/mol. The molecule has 5 atom stereocenters. The van der Waals surface area contributed by atoms with E-state index in [0.29, 0.717) is 6.04 Å². The van der Waals surface area contributed by atoms with E-state index in [1.807, 2.05) is 17.0 Å². The van der Waals surface area contributed by atoms with E-state index in [9.17, 15) is 9.59 Å². The van der Waals surface area contributed by atoms with Crippen molar-refractivity contribution in [2.45, 2.75) is 55.5 Å². The number of fused-ring (bicyclic) bond motifs is 3. The lowest BCUT2D eigenvalue weighted by Gasteiger charge is -2.69. The Labute approximate surface area is 171 Å². The predicted octanol–water partition coefficient (Wildman–Crippen LogP) is 2.49. The number of ether oxygens (including phenoxy) is 2. The Morgan fingerprint density at radius 3 is 2.79 bits per heavy atom. The number of hydrogen-bond donors (Lipinski definition) is 0. The molecule has 0 aromatic heterocycles. The molecule has 3 aliphatic heterocycles. The van der Waals surface area contributed by atoms with Gasteiger partial charge in [-0.25, -0.2) is 0 Å². The van der Waals surface area contributed by atoms with Gasteiger partial charge in [-0.1, -0.05) is 12.1 Å². The normalized spacial score (nSPS) is 41.5. The Kier molecular flexibility index (Phi) is 3.39. The van der Waals surface area contributed by atoms with Gasteiger partial charge in [0, 0.05) is 11.5 Å². The Bertz CT molecular complexity index is 918. The first kappa shape index (κ1) is 17.8. The van der Waals surface area contributed by atoms with Crippen molar-refractivity contribution in [1.82, 2.24) is 4.90 Å². The third-order valence-corrected chi connectivity index (χ3v) is 9.25. The molecule has 6 nitrogen and oxygen atoms in total. The molecule has 1 aromatic rings. The van der Waals surface area contributed by atoms with Crippen molar-refractivity contribution in [3.63, 3.8) is 0 Å². The molecule has 6 heteroatoms. The number of nitrogens with zero attached hydrogens (tertiary/aromatic N) is 2. The van der Waals surface area contributed by atoms with Gasteiger partial charge in [0.25, 0.3) is 0 Å². The van der Waals surface area contributed by atoms with Gasteiger partial charge in [-0.3, -0.25) is 14.5 Å². The number of benzene rings is 1. The van der Waals surface area contributed by atoms with Crippen molar-refractivity contribution in [3.8, 4) is 5.75 Å². The van der Waals surface area contributed by atoms with Crippen LogP contribution in [0.1, 0.15) is 44.1 Å². The molecule has 1 aromatic carbocycles. The van der Waals surface area contributed by atoms with Crippen LogP contribution < -0.4 is 9.64 Å². The maximum absolute atomic E-state index is 13.2. The maximum Gasteiger partial charge on any atom is 0.311 e. The number of esters is 1. The topological polar surface area (TPSA) is 59.1 Å². The van der Waals surface area contributed by atoms with Crippen molar-refractivity contribution in [2.24, 2.45) is 11.3 Å². The Balaban J connectivity index is 1.70. The molecule has 3 saturated carbocycles. The van der Waals surface area contributed by atoms with Gasteiger partial charge >= 0.3 is 5.97 Å². The number of amides is 1. The van der Waals surface area contributed by atoms with Crippen LogP contribution in [0, 0.1) is 11.3 Å². The van der Waals surface area contributed by atoms with Crippen LogP contribution in [0.2, 0.25) is 0 Å². The Hall–Kier alpha value is -2.08. The van der Waals surface area contributed by atoms with Gasteiger partial charge in [0.1, 0.15) is 5.75 Å². The highest BCUT2D eigenvalue weighted by atomic mass is 16.5. The number of methoxy groups -OCH3 is 2. The van der Waals surface area contributed by atoms with Crippen molar-refractivity contribution in [2.75, 3.05) is 32.2 Å². The van der Waals surface area contributed by atoms with Crippen LogP contribution in [0.4, 0.5) is 5.69 Å². The number of carbonyl (C=O) groups is 2. The SMILES string of the molecule is COC(=O)[C@H]1C[C@]23CCCN4CC[C@]5(c6cccc(OC)c6N(C=O)[C@@]15CC2)[C@H]43. The third kappa shape index (κ3) is 1.68. The molecule has 3 heterocycles. The summed E-state index contributed by atoms with van der Waals surface area (Å²) in [5, 5.41) is 0. The highest BCUT2D eigenvalue weighted by molar-refractivity contribution is 5.93. The van der Waals surface area contributed by atoms with Gasteiger partial charge in [-0.15, -0.1) is 0 Å². The summed E-state index contributed by atoms with van der Waals surface area (Å²) in [6, 6.07) is 6.55. The van der Waals surface area contributed by atoms with Crippen LogP contribution in [0.3, 0.4) is 0 Å². The highest BCUT2D eigenvalue weighted by Crippen LogP contribution is 2.76. The van der Waals surface area contributed by atoms with E-state index in [1.165, 1.54) is 25.5 Å². The molecule has 0 unspecified atom stereocenters. The van der Waals surface area contributed by atoms with Gasteiger partial charge in [-0.05, 0) is 68.7 Å². The number of rotatable bonds is 3. The Morgan fingerprint density at radius 1 is 1.17 bits per heavy atom. The van der Waals surface area contributed by atoms with Crippen LogP contribution >= 0.6 is 0 Å². The number of piperidine rings is 1. The van der Waals surface area contributed by atoms with Crippen LogP contribution in [0.15, 0.2) is 18.2 Å². The summed E-state index contributed by atoms with van der Waals surface area (Å²) >= 11 is 0. The molecule has 3 spiro atoms. The molecule has 5 fully saturated rings. The van der Waals surface area contributed by atoms with E-state index in [4.69, 9.17) is 9.47 Å². The molecule has 3 aliphatic carbocycles. The molecule has 29 heavy (non-hydrogen) atoms. The van der Waals surface area contributed by atoms with E-state index in [-0.39, 0.29) is 22.7 Å². The summed E-state index contributed by atoms with van der Waals surface area (Å²) in [4.78, 5) is 30.4. The van der Waals surface area contributed by atoms with Gasteiger partial charge in [-0.2, -0.15) is 0 Å². The average Bonchev–Trinajstić information content (AvgIpc) is 3.28. The van der Waals surface area contributed by atoms with Crippen LogP contribution in [0.25, 0.3) is 0 Å². The van der Waals surface area contributed by atoms with E-state index in [1.54, 1.807) is 7.11 Å². The zero-order valence-electron chi connectivity index (χ0n) is 17.1. The second-order valence-corrected chi connectivity index (χ2v) is 9.66. The van der Waals surface area contributed by atoms with Crippen molar-refractivity contribution >= 4 is 18.1 Å². The van der Waals surface area contributed by atoms with Gasteiger partial charge in [0.05, 0.1) is 31.4 Å². The fourth-order valence-corrected chi connectivity index (χ4v) is 8.65. The van der Waals surface area contributed by atoms with Crippen LogP contribution in [0.5, 0.6) is 5.75 Å². The molecule has 154 valence electrons. The zero-order chi connectivity index (χ0) is 20.0. The van der Waals surface area contributed by atoms with E-state index >= 15 is 0 Å². The fraction of sp³-hybridized carbons (Fsp3) is 0.652. The summed E-state index contributed by atoms with van der Waals surface area (Å²) in [5.74, 6) is 0.269. The maximum atomic E-state index is 13.2. The smallest absolute Gasteiger partial charge is 0.311 e. The predicted molar refractivity (Wildman–Crippen MR) is 107 cm³/mol. The fourth-order valence-electron chi connectivity index (χ4n) is 8.65. The van der Waals surface area contributed by atoms with Gasteiger partial charge in [0.15, 0.2) is 0 Å². The minimum atomic E-state index is -0.558. The molecule has 1 amide bonds. The van der Waals surface area contributed by atoms with Crippen LogP contribution in [-0.2, 0) is 19.7 Å².